The first-order valence-corrected chi connectivity index (χ1v) is 13.4. The Bertz CT molecular complexity index is 1520. The molecule has 6 rings (SSSR count). The maximum absolute atomic E-state index is 13.2. The number of hydrogen-bond acceptors (Lipinski definition) is 10. The highest BCUT2D eigenvalue weighted by atomic mass is 16.5. The van der Waals surface area contributed by atoms with Crippen molar-refractivity contribution in [3.05, 3.63) is 65.3 Å². The van der Waals surface area contributed by atoms with Gasteiger partial charge in [-0.25, -0.2) is 9.97 Å². The summed E-state index contributed by atoms with van der Waals surface area (Å²) in [4.78, 5) is 24.7. The molecule has 2 aliphatic heterocycles. The van der Waals surface area contributed by atoms with Crippen LogP contribution in [0.1, 0.15) is 66.6 Å². The summed E-state index contributed by atoms with van der Waals surface area (Å²) in [5.41, 5.74) is 5.36. The molecular weight excluding hydrogens is 510 g/mol. The van der Waals surface area contributed by atoms with Gasteiger partial charge in [-0.15, -0.1) is 10.2 Å². The molecule has 208 valence electrons. The molecule has 4 aromatic rings. The molecule has 3 aromatic heterocycles. The summed E-state index contributed by atoms with van der Waals surface area (Å²) in [7, 11) is 0. The van der Waals surface area contributed by atoms with Crippen molar-refractivity contribution in [2.24, 2.45) is 0 Å². The number of benzene rings is 1. The molecule has 1 atom stereocenters. The summed E-state index contributed by atoms with van der Waals surface area (Å²) >= 11 is 0. The Morgan fingerprint density at radius 2 is 2.02 bits per heavy atom. The van der Waals surface area contributed by atoms with Gasteiger partial charge in [-0.1, -0.05) is 32.9 Å². The van der Waals surface area contributed by atoms with Gasteiger partial charge in [-0.05, 0) is 36.6 Å². The van der Waals surface area contributed by atoms with E-state index in [0.29, 0.717) is 17.9 Å². The molecule has 1 aromatic carbocycles. The first-order chi connectivity index (χ1) is 19.2. The lowest BCUT2D eigenvalue weighted by Gasteiger charge is -2.36. The number of nitrogens with zero attached hydrogens (tertiary/aromatic N) is 6. The number of anilines is 2. The van der Waals surface area contributed by atoms with Crippen molar-refractivity contribution in [1.29, 1.82) is 0 Å². The van der Waals surface area contributed by atoms with Crippen LogP contribution in [0, 0.1) is 6.92 Å². The highest BCUT2D eigenvalue weighted by Gasteiger charge is 2.32. The van der Waals surface area contributed by atoms with E-state index in [4.69, 9.17) is 14.1 Å². The van der Waals surface area contributed by atoms with E-state index in [1.54, 1.807) is 12.4 Å². The summed E-state index contributed by atoms with van der Waals surface area (Å²) in [5, 5.41) is 21.4. The highest BCUT2D eigenvalue weighted by Crippen LogP contribution is 2.33. The largest absolute Gasteiger partial charge is 0.416 e. The van der Waals surface area contributed by atoms with Gasteiger partial charge in [-0.2, -0.15) is 5.10 Å². The van der Waals surface area contributed by atoms with Crippen LogP contribution in [0.4, 0.5) is 11.6 Å². The number of carbonyl (C=O) groups excluding carboxylic acids is 1. The summed E-state index contributed by atoms with van der Waals surface area (Å²) < 4.78 is 11.2. The number of amides is 1. The number of carbonyl (C=O) groups is 1. The van der Waals surface area contributed by atoms with Gasteiger partial charge >= 0.3 is 11.8 Å². The van der Waals surface area contributed by atoms with Gasteiger partial charge in [0.05, 0.1) is 48.6 Å². The van der Waals surface area contributed by atoms with Gasteiger partial charge in [0.25, 0.3) is 0 Å². The predicted octanol–water partition coefficient (Wildman–Crippen LogP) is 3.67. The zero-order valence-electron chi connectivity index (χ0n) is 23.1. The van der Waals surface area contributed by atoms with Crippen LogP contribution in [0.2, 0.25) is 0 Å². The third-order valence-corrected chi connectivity index (χ3v) is 7.33. The number of hydrogen-bond donors (Lipinski definition) is 3. The molecule has 12 heteroatoms. The van der Waals surface area contributed by atoms with Crippen LogP contribution in [0.25, 0.3) is 11.3 Å². The number of aromatic amines is 1. The summed E-state index contributed by atoms with van der Waals surface area (Å²) in [6, 6.07) is 8.33. The van der Waals surface area contributed by atoms with E-state index in [1.807, 2.05) is 39.8 Å². The lowest BCUT2D eigenvalue weighted by Crippen LogP contribution is -2.48. The minimum absolute atomic E-state index is 0.0227. The topological polar surface area (TPSA) is 147 Å². The molecule has 1 amide bonds. The monoisotopic (exact) mass is 543 g/mol. The fraction of sp³-hybridized carbons (Fsp3) is 0.429. The first kappa shape index (κ1) is 26.1. The summed E-state index contributed by atoms with van der Waals surface area (Å²) in [6.07, 6.45) is 4.20. The van der Waals surface area contributed by atoms with E-state index in [0.717, 1.165) is 66.5 Å². The molecule has 2 aliphatic rings. The maximum Gasteiger partial charge on any atom is 0.309 e. The highest BCUT2D eigenvalue weighted by molar-refractivity contribution is 5.89. The normalized spacial score (nSPS) is 18.1. The van der Waals surface area contributed by atoms with E-state index in [2.05, 4.69) is 53.0 Å². The van der Waals surface area contributed by atoms with Crippen LogP contribution in [0.5, 0.6) is 0 Å². The van der Waals surface area contributed by atoms with Gasteiger partial charge < -0.3 is 19.8 Å². The van der Waals surface area contributed by atoms with E-state index in [1.165, 1.54) is 0 Å². The van der Waals surface area contributed by atoms with Crippen LogP contribution in [-0.4, -0.2) is 67.0 Å². The van der Waals surface area contributed by atoms with Crippen molar-refractivity contribution in [1.82, 2.24) is 40.6 Å². The van der Waals surface area contributed by atoms with Gasteiger partial charge in [-0.3, -0.25) is 14.8 Å². The zero-order valence-corrected chi connectivity index (χ0v) is 23.1. The fourth-order valence-corrected chi connectivity index (χ4v) is 4.90. The first-order valence-electron chi connectivity index (χ1n) is 13.4. The quantitative estimate of drug-likeness (QED) is 0.329. The molecule has 1 fully saturated rings. The molecule has 0 radical (unpaired) electrons. The minimum Gasteiger partial charge on any atom is -0.416 e. The Kier molecular flexibility index (Phi) is 6.80. The molecule has 1 saturated heterocycles. The van der Waals surface area contributed by atoms with E-state index in [9.17, 15) is 4.79 Å². The van der Waals surface area contributed by atoms with Gasteiger partial charge in [0.2, 0.25) is 11.8 Å². The van der Waals surface area contributed by atoms with Crippen LogP contribution in [-0.2, 0) is 16.7 Å². The molecular formula is C28H33N9O3. The van der Waals surface area contributed by atoms with Crippen LogP contribution in [0.15, 0.2) is 41.1 Å². The van der Waals surface area contributed by atoms with Crippen molar-refractivity contribution < 1.29 is 13.9 Å². The van der Waals surface area contributed by atoms with Crippen molar-refractivity contribution in [2.45, 2.75) is 58.2 Å². The third kappa shape index (κ3) is 5.32. The van der Waals surface area contributed by atoms with Crippen LogP contribution < -0.4 is 10.6 Å². The number of H-pyrrole nitrogens is 1. The second kappa shape index (κ2) is 10.4. The Hall–Kier alpha value is -4.16. The molecule has 0 aliphatic carbocycles. The minimum atomic E-state index is -0.371. The average molecular weight is 544 g/mol. The summed E-state index contributed by atoms with van der Waals surface area (Å²) in [5.74, 6) is 0.529. The lowest BCUT2D eigenvalue weighted by molar-refractivity contribution is -0.0678. The van der Waals surface area contributed by atoms with Crippen molar-refractivity contribution in [3.63, 3.8) is 0 Å². The van der Waals surface area contributed by atoms with E-state index in [-0.39, 0.29) is 23.3 Å². The third-order valence-electron chi connectivity index (χ3n) is 7.33. The number of ether oxygens (including phenoxy) is 1. The molecule has 1 unspecified atom stereocenters. The molecule has 0 saturated carbocycles. The molecule has 5 heterocycles. The number of fused-ring (bicyclic) bond motifs is 1. The van der Waals surface area contributed by atoms with Crippen molar-refractivity contribution in [2.75, 3.05) is 25.1 Å². The Morgan fingerprint density at radius 1 is 1.18 bits per heavy atom. The zero-order chi connectivity index (χ0) is 27.9. The van der Waals surface area contributed by atoms with Gasteiger partial charge in [0, 0.05) is 30.3 Å². The fourth-order valence-electron chi connectivity index (χ4n) is 4.90. The molecule has 0 spiro atoms. The molecule has 12 nitrogen and oxygen atoms in total. The SMILES string of the molecule is Cc1[nH]ncc1Nc1nccc(-c2ccc3c(c2)CN(C2COC2)CCC3NC(=O)c2nnc(C(C)(C)C)o2)n1. The Morgan fingerprint density at radius 3 is 2.73 bits per heavy atom. The Balaban J connectivity index is 1.28. The second-order valence-corrected chi connectivity index (χ2v) is 11.4. The van der Waals surface area contributed by atoms with Crippen LogP contribution in [0.3, 0.4) is 0 Å². The summed E-state index contributed by atoms with van der Waals surface area (Å²) in [6.45, 7) is 10.9. The van der Waals surface area contributed by atoms with E-state index < -0.39 is 0 Å². The molecule has 0 bridgehead atoms. The Labute approximate surface area is 232 Å². The van der Waals surface area contributed by atoms with Gasteiger partial charge in [0.1, 0.15) is 0 Å². The maximum atomic E-state index is 13.2. The number of nitrogens with one attached hydrogen (secondary N) is 3. The predicted molar refractivity (Wildman–Crippen MR) is 147 cm³/mol. The van der Waals surface area contributed by atoms with Crippen LogP contribution >= 0.6 is 0 Å². The van der Waals surface area contributed by atoms with E-state index >= 15 is 0 Å². The molecule has 3 N–H and O–H groups in total. The standard InChI is InChI=1S/C28H33N9O3/c1-16-23(12-30-34-16)33-27-29-9-7-21(32-27)17-5-6-20-18(11-17)13-37(19-14-39-15-19)10-8-22(20)31-24(38)25-35-36-26(40-25)28(2,3)4/h5-7,9,11-12,19,22H,8,10,13-15H2,1-4H3,(H,30,34)(H,31,38)(H,29,32,33). The van der Waals surface area contributed by atoms with Gasteiger partial charge in [0.15, 0.2) is 0 Å². The smallest absolute Gasteiger partial charge is 0.309 e. The number of rotatable bonds is 6. The average Bonchev–Trinajstić information content (AvgIpc) is 3.51. The van der Waals surface area contributed by atoms with Crippen molar-refractivity contribution >= 4 is 17.5 Å². The number of aromatic nitrogens is 6. The van der Waals surface area contributed by atoms with Crippen molar-refractivity contribution in [3.8, 4) is 11.3 Å². The lowest BCUT2D eigenvalue weighted by atomic mass is 9.96. The second-order valence-electron chi connectivity index (χ2n) is 11.4. The number of aryl methyl sites for hydroxylation is 1. The molecule has 40 heavy (non-hydrogen) atoms.